The van der Waals surface area contributed by atoms with Crippen LogP contribution in [0.15, 0.2) is 18.2 Å². The topological polar surface area (TPSA) is 45.0 Å². The molecule has 4 heteroatoms. The zero-order valence-corrected chi connectivity index (χ0v) is 10.5. The highest BCUT2D eigenvalue weighted by molar-refractivity contribution is 6.33. The Balaban J connectivity index is 2.05. The molecule has 0 spiro atoms. The van der Waals surface area contributed by atoms with E-state index in [-0.39, 0.29) is 0 Å². The molecule has 1 N–H and O–H groups in total. The summed E-state index contributed by atoms with van der Waals surface area (Å²) in [5, 5.41) is 12.7. The Morgan fingerprint density at radius 3 is 3.00 bits per heavy atom. The fraction of sp³-hybridized carbons (Fsp3) is 0.462. The van der Waals surface area contributed by atoms with Crippen molar-refractivity contribution in [2.45, 2.75) is 19.4 Å². The Morgan fingerprint density at radius 2 is 2.41 bits per heavy atom. The molecular formula is C13H15ClN2O. The van der Waals surface area contributed by atoms with Gasteiger partial charge in [-0.05, 0) is 31.5 Å². The number of nitrogens with zero attached hydrogens (tertiary/aromatic N) is 1. The molecule has 0 saturated carbocycles. The van der Waals surface area contributed by atoms with Crippen LogP contribution in [-0.2, 0) is 4.74 Å². The Bertz CT molecular complexity index is 436. The number of nitrogens with one attached hydrogen (secondary N) is 1. The average molecular weight is 251 g/mol. The summed E-state index contributed by atoms with van der Waals surface area (Å²) in [6, 6.07) is 7.70. The minimum Gasteiger partial charge on any atom is -0.381 e. The summed E-state index contributed by atoms with van der Waals surface area (Å²) in [5.41, 5.74) is 1.46. The van der Waals surface area contributed by atoms with Crippen LogP contribution in [0.25, 0.3) is 0 Å². The number of rotatable bonds is 3. The summed E-state index contributed by atoms with van der Waals surface area (Å²) in [5.74, 6) is 0.529. The van der Waals surface area contributed by atoms with Gasteiger partial charge in [-0.15, -0.1) is 0 Å². The van der Waals surface area contributed by atoms with E-state index in [1.165, 1.54) is 0 Å². The molecule has 1 aromatic carbocycles. The summed E-state index contributed by atoms with van der Waals surface area (Å²) in [6.07, 6.45) is 1.09. The van der Waals surface area contributed by atoms with Crippen LogP contribution in [0.1, 0.15) is 18.9 Å². The van der Waals surface area contributed by atoms with Crippen molar-refractivity contribution >= 4 is 17.3 Å². The number of hydrogen-bond donors (Lipinski definition) is 1. The first kappa shape index (κ1) is 12.2. The molecule has 90 valence electrons. The second-order valence-electron chi connectivity index (χ2n) is 4.36. The molecular weight excluding hydrogens is 236 g/mol. The second kappa shape index (κ2) is 5.39. The molecule has 1 aliphatic heterocycles. The number of nitriles is 1. The Morgan fingerprint density at radius 1 is 1.59 bits per heavy atom. The fourth-order valence-corrected chi connectivity index (χ4v) is 2.25. The monoisotopic (exact) mass is 250 g/mol. The third-order valence-corrected chi connectivity index (χ3v) is 3.47. The van der Waals surface area contributed by atoms with E-state index in [0.29, 0.717) is 22.5 Å². The van der Waals surface area contributed by atoms with Gasteiger partial charge in [0.05, 0.1) is 28.9 Å². The number of benzene rings is 1. The highest BCUT2D eigenvalue weighted by atomic mass is 35.5. The van der Waals surface area contributed by atoms with E-state index in [4.69, 9.17) is 21.6 Å². The van der Waals surface area contributed by atoms with Crippen molar-refractivity contribution in [1.29, 1.82) is 5.26 Å². The average Bonchev–Trinajstić information content (AvgIpc) is 2.85. The standard InChI is InChI=1S/C13H15ClN2O/c1-9(11-4-5-17-8-11)16-13-3-2-10(7-15)6-12(13)14/h2-3,6,9,11,16H,4-5,8H2,1H3. The summed E-state index contributed by atoms with van der Waals surface area (Å²) < 4.78 is 5.37. The lowest BCUT2D eigenvalue weighted by atomic mass is 10.0. The van der Waals surface area contributed by atoms with Gasteiger partial charge in [0.25, 0.3) is 0 Å². The zero-order chi connectivity index (χ0) is 12.3. The lowest BCUT2D eigenvalue weighted by Gasteiger charge is -2.21. The van der Waals surface area contributed by atoms with Gasteiger partial charge in [-0.3, -0.25) is 0 Å². The molecule has 2 rings (SSSR count). The Labute approximate surface area is 106 Å². The van der Waals surface area contributed by atoms with E-state index >= 15 is 0 Å². The van der Waals surface area contributed by atoms with E-state index in [9.17, 15) is 0 Å². The minimum absolute atomic E-state index is 0.322. The summed E-state index contributed by atoms with van der Waals surface area (Å²) in [4.78, 5) is 0. The van der Waals surface area contributed by atoms with Crippen molar-refractivity contribution < 1.29 is 4.74 Å². The van der Waals surface area contributed by atoms with E-state index in [0.717, 1.165) is 25.3 Å². The third kappa shape index (κ3) is 2.91. The molecule has 0 amide bonds. The van der Waals surface area contributed by atoms with Crippen LogP contribution >= 0.6 is 11.6 Å². The third-order valence-electron chi connectivity index (χ3n) is 3.15. The SMILES string of the molecule is CC(Nc1ccc(C#N)cc1Cl)C1CCOC1. The van der Waals surface area contributed by atoms with Crippen molar-refractivity contribution in [3.63, 3.8) is 0 Å². The van der Waals surface area contributed by atoms with Gasteiger partial charge in [0.15, 0.2) is 0 Å². The van der Waals surface area contributed by atoms with Crippen LogP contribution in [0.2, 0.25) is 5.02 Å². The van der Waals surface area contributed by atoms with Gasteiger partial charge in [-0.2, -0.15) is 5.26 Å². The lowest BCUT2D eigenvalue weighted by Crippen LogP contribution is -2.26. The largest absolute Gasteiger partial charge is 0.381 e. The maximum Gasteiger partial charge on any atom is 0.0992 e. The van der Waals surface area contributed by atoms with Crippen molar-refractivity contribution in [3.8, 4) is 6.07 Å². The maximum atomic E-state index is 8.76. The minimum atomic E-state index is 0.322. The predicted molar refractivity (Wildman–Crippen MR) is 68.2 cm³/mol. The number of halogens is 1. The number of ether oxygens (including phenoxy) is 1. The van der Waals surface area contributed by atoms with Crippen molar-refractivity contribution in [3.05, 3.63) is 28.8 Å². The van der Waals surface area contributed by atoms with Crippen molar-refractivity contribution in [1.82, 2.24) is 0 Å². The van der Waals surface area contributed by atoms with Gasteiger partial charge in [0.2, 0.25) is 0 Å². The highest BCUT2D eigenvalue weighted by Gasteiger charge is 2.22. The summed E-state index contributed by atoms with van der Waals surface area (Å²) in [7, 11) is 0. The molecule has 1 saturated heterocycles. The molecule has 3 nitrogen and oxygen atoms in total. The fourth-order valence-electron chi connectivity index (χ4n) is 2.01. The highest BCUT2D eigenvalue weighted by Crippen LogP contribution is 2.26. The molecule has 1 aliphatic rings. The van der Waals surface area contributed by atoms with Crippen LogP contribution < -0.4 is 5.32 Å². The Kier molecular flexibility index (Phi) is 3.88. The molecule has 0 radical (unpaired) electrons. The molecule has 1 fully saturated rings. The predicted octanol–water partition coefficient (Wildman–Crippen LogP) is 3.05. The molecule has 0 aliphatic carbocycles. The molecule has 17 heavy (non-hydrogen) atoms. The molecule has 2 atom stereocenters. The van der Waals surface area contributed by atoms with Gasteiger partial charge < -0.3 is 10.1 Å². The summed E-state index contributed by atoms with van der Waals surface area (Å²) >= 11 is 6.11. The van der Waals surface area contributed by atoms with E-state index in [1.807, 2.05) is 6.07 Å². The van der Waals surface area contributed by atoms with Gasteiger partial charge in [-0.25, -0.2) is 0 Å². The number of anilines is 1. The van der Waals surface area contributed by atoms with E-state index < -0.39 is 0 Å². The second-order valence-corrected chi connectivity index (χ2v) is 4.77. The lowest BCUT2D eigenvalue weighted by molar-refractivity contribution is 0.183. The Hall–Kier alpha value is -1.24. The quantitative estimate of drug-likeness (QED) is 0.897. The van der Waals surface area contributed by atoms with Crippen molar-refractivity contribution in [2.75, 3.05) is 18.5 Å². The first-order valence-electron chi connectivity index (χ1n) is 5.74. The van der Waals surface area contributed by atoms with Crippen LogP contribution in [0.3, 0.4) is 0 Å². The zero-order valence-electron chi connectivity index (χ0n) is 9.74. The number of hydrogen-bond acceptors (Lipinski definition) is 3. The van der Waals surface area contributed by atoms with Gasteiger partial charge >= 0.3 is 0 Å². The van der Waals surface area contributed by atoms with Crippen LogP contribution in [0.4, 0.5) is 5.69 Å². The molecule has 1 heterocycles. The van der Waals surface area contributed by atoms with Gasteiger partial charge in [0.1, 0.15) is 0 Å². The van der Waals surface area contributed by atoms with Gasteiger partial charge in [0, 0.05) is 18.6 Å². The normalized spacial score (nSPS) is 20.9. The molecule has 2 unspecified atom stereocenters. The van der Waals surface area contributed by atoms with E-state index in [1.54, 1.807) is 12.1 Å². The van der Waals surface area contributed by atoms with Gasteiger partial charge in [-0.1, -0.05) is 11.6 Å². The molecule has 0 bridgehead atoms. The smallest absolute Gasteiger partial charge is 0.0992 e. The maximum absolute atomic E-state index is 8.76. The first-order chi connectivity index (χ1) is 8.20. The summed E-state index contributed by atoms with van der Waals surface area (Å²) in [6.45, 7) is 3.79. The first-order valence-corrected chi connectivity index (χ1v) is 6.12. The van der Waals surface area contributed by atoms with E-state index in [2.05, 4.69) is 18.3 Å². The molecule has 0 aromatic heterocycles. The molecule has 1 aromatic rings. The van der Waals surface area contributed by atoms with Crippen LogP contribution in [-0.4, -0.2) is 19.3 Å². The van der Waals surface area contributed by atoms with Crippen LogP contribution in [0.5, 0.6) is 0 Å². The van der Waals surface area contributed by atoms with Crippen molar-refractivity contribution in [2.24, 2.45) is 5.92 Å². The van der Waals surface area contributed by atoms with Crippen LogP contribution in [0, 0.1) is 17.2 Å².